The van der Waals surface area contributed by atoms with Crippen LogP contribution >= 0.6 is 22.9 Å². The predicted molar refractivity (Wildman–Crippen MR) is 124 cm³/mol. The maximum absolute atomic E-state index is 13.7. The third-order valence-electron chi connectivity index (χ3n) is 5.09. The lowest BCUT2D eigenvalue weighted by Gasteiger charge is -2.15. The molecule has 0 amide bonds. The maximum Gasteiger partial charge on any atom is 0.271 e. The number of aryl methyl sites for hydroxylation is 1. The molecule has 146 valence electrons. The Bertz CT molecular complexity index is 1550. The van der Waals surface area contributed by atoms with Gasteiger partial charge in [0.05, 0.1) is 5.69 Å². The second kappa shape index (κ2) is 7.20. The van der Waals surface area contributed by atoms with E-state index in [0.717, 1.165) is 15.8 Å². The van der Waals surface area contributed by atoms with E-state index in [4.69, 9.17) is 16.6 Å². The first-order chi connectivity index (χ1) is 14.5. The van der Waals surface area contributed by atoms with Gasteiger partial charge in [0.25, 0.3) is 5.56 Å². The van der Waals surface area contributed by atoms with Crippen molar-refractivity contribution in [2.24, 2.45) is 0 Å². The first kappa shape index (κ1) is 18.7. The van der Waals surface area contributed by atoms with Crippen LogP contribution in [0.5, 0.6) is 0 Å². The molecule has 0 aliphatic rings. The van der Waals surface area contributed by atoms with Crippen molar-refractivity contribution < 1.29 is 0 Å². The van der Waals surface area contributed by atoms with Gasteiger partial charge in [0, 0.05) is 20.7 Å². The van der Waals surface area contributed by atoms with Crippen LogP contribution in [0.2, 0.25) is 5.02 Å². The first-order valence-corrected chi connectivity index (χ1v) is 10.5. The van der Waals surface area contributed by atoms with E-state index in [9.17, 15) is 9.59 Å². The molecule has 5 rings (SSSR count). The molecule has 2 aromatic heterocycles. The molecular weight excluding hydrogens is 416 g/mol. The SMILES string of the molecule is Cc1ccccc1-c1nc2sc3ccccc3c(=O)c2c(=O)n1-c1ccc(Cl)cc1. The van der Waals surface area contributed by atoms with Crippen LogP contribution in [0.3, 0.4) is 0 Å². The maximum atomic E-state index is 13.7. The van der Waals surface area contributed by atoms with E-state index in [1.165, 1.54) is 15.9 Å². The van der Waals surface area contributed by atoms with Crippen LogP contribution in [0.25, 0.3) is 37.4 Å². The standard InChI is InChI=1S/C24H15ClN2O2S/c1-14-6-2-3-7-17(14)22-26-23-20(21(28)18-8-4-5-9-19(18)30-23)24(29)27(22)16-12-10-15(25)11-13-16/h2-13H,1H3. The van der Waals surface area contributed by atoms with Crippen molar-refractivity contribution in [2.45, 2.75) is 6.92 Å². The first-order valence-electron chi connectivity index (χ1n) is 9.35. The molecule has 4 nitrogen and oxygen atoms in total. The molecule has 0 spiro atoms. The number of nitrogens with zero attached hydrogens (tertiary/aromatic N) is 2. The van der Waals surface area contributed by atoms with Crippen LogP contribution in [0.4, 0.5) is 0 Å². The van der Waals surface area contributed by atoms with E-state index in [0.29, 0.717) is 26.8 Å². The van der Waals surface area contributed by atoms with Crippen molar-refractivity contribution >= 4 is 43.2 Å². The topological polar surface area (TPSA) is 52.0 Å². The number of rotatable bonds is 2. The Kier molecular flexibility index (Phi) is 4.50. The summed E-state index contributed by atoms with van der Waals surface area (Å²) in [5.41, 5.74) is 1.75. The highest BCUT2D eigenvalue weighted by Crippen LogP contribution is 2.28. The largest absolute Gasteiger partial charge is 0.288 e. The van der Waals surface area contributed by atoms with Crippen LogP contribution in [-0.2, 0) is 0 Å². The Morgan fingerprint density at radius 1 is 0.900 bits per heavy atom. The molecule has 30 heavy (non-hydrogen) atoms. The molecule has 0 saturated carbocycles. The highest BCUT2D eigenvalue weighted by Gasteiger charge is 2.19. The molecule has 0 atom stereocenters. The van der Waals surface area contributed by atoms with Crippen molar-refractivity contribution in [3.05, 3.63) is 104 Å². The molecule has 0 unspecified atom stereocenters. The molecule has 0 N–H and O–H groups in total. The van der Waals surface area contributed by atoms with E-state index in [2.05, 4.69) is 0 Å². The van der Waals surface area contributed by atoms with Gasteiger partial charge >= 0.3 is 0 Å². The summed E-state index contributed by atoms with van der Waals surface area (Å²) in [4.78, 5) is 32.1. The summed E-state index contributed by atoms with van der Waals surface area (Å²) in [6.45, 7) is 1.97. The molecule has 0 aliphatic heterocycles. The lowest BCUT2D eigenvalue weighted by Crippen LogP contribution is -2.26. The van der Waals surface area contributed by atoms with Crippen molar-refractivity contribution in [1.82, 2.24) is 9.55 Å². The van der Waals surface area contributed by atoms with Crippen LogP contribution < -0.4 is 11.0 Å². The zero-order chi connectivity index (χ0) is 20.8. The minimum Gasteiger partial charge on any atom is -0.288 e. The van der Waals surface area contributed by atoms with Gasteiger partial charge in [-0.3, -0.25) is 14.2 Å². The summed E-state index contributed by atoms with van der Waals surface area (Å²) in [5, 5.41) is 1.20. The lowest BCUT2D eigenvalue weighted by molar-refractivity contribution is 0.975. The molecule has 0 aliphatic carbocycles. The zero-order valence-corrected chi connectivity index (χ0v) is 17.5. The summed E-state index contributed by atoms with van der Waals surface area (Å²) in [6, 6.07) is 22.0. The third-order valence-corrected chi connectivity index (χ3v) is 6.40. The summed E-state index contributed by atoms with van der Waals surface area (Å²) in [5.74, 6) is 0.499. The molecular formula is C24H15ClN2O2S. The number of fused-ring (bicyclic) bond motifs is 2. The average Bonchev–Trinajstić information content (AvgIpc) is 2.75. The number of benzene rings is 3. The Balaban J connectivity index is 1.99. The molecule has 2 heterocycles. The predicted octanol–water partition coefficient (Wildman–Crippen LogP) is 5.59. The Morgan fingerprint density at radius 2 is 1.60 bits per heavy atom. The number of aromatic nitrogens is 2. The zero-order valence-electron chi connectivity index (χ0n) is 15.9. The monoisotopic (exact) mass is 430 g/mol. The minimum atomic E-state index is -0.382. The minimum absolute atomic E-state index is 0.103. The van der Waals surface area contributed by atoms with Gasteiger partial charge in [-0.25, -0.2) is 4.98 Å². The van der Waals surface area contributed by atoms with Crippen LogP contribution in [-0.4, -0.2) is 9.55 Å². The molecule has 0 radical (unpaired) electrons. The fraction of sp³-hybridized carbons (Fsp3) is 0.0417. The van der Waals surface area contributed by atoms with Crippen molar-refractivity contribution in [2.75, 3.05) is 0 Å². The summed E-state index contributed by atoms with van der Waals surface area (Å²) in [7, 11) is 0. The highest BCUT2D eigenvalue weighted by atomic mass is 35.5. The van der Waals surface area contributed by atoms with E-state index >= 15 is 0 Å². The lowest BCUT2D eigenvalue weighted by atomic mass is 10.1. The Hall–Kier alpha value is -3.28. The van der Waals surface area contributed by atoms with Gasteiger partial charge in [-0.05, 0) is 48.9 Å². The van der Waals surface area contributed by atoms with Crippen molar-refractivity contribution in [3.63, 3.8) is 0 Å². The fourth-order valence-electron chi connectivity index (χ4n) is 3.59. The molecule has 0 saturated heterocycles. The van der Waals surface area contributed by atoms with E-state index in [-0.39, 0.29) is 16.4 Å². The second-order valence-corrected chi connectivity index (χ2v) is 8.44. The summed E-state index contributed by atoms with van der Waals surface area (Å²) < 4.78 is 2.31. The fourth-order valence-corrected chi connectivity index (χ4v) is 4.75. The Morgan fingerprint density at radius 3 is 2.37 bits per heavy atom. The van der Waals surface area contributed by atoms with Gasteiger partial charge in [-0.1, -0.05) is 48.0 Å². The quantitative estimate of drug-likeness (QED) is 0.343. The van der Waals surface area contributed by atoms with Crippen molar-refractivity contribution in [3.8, 4) is 17.1 Å². The van der Waals surface area contributed by atoms with Gasteiger partial charge < -0.3 is 0 Å². The molecule has 0 fully saturated rings. The third kappa shape index (κ3) is 2.95. The van der Waals surface area contributed by atoms with Gasteiger partial charge in [-0.2, -0.15) is 0 Å². The number of hydrogen-bond acceptors (Lipinski definition) is 4. The van der Waals surface area contributed by atoms with Gasteiger partial charge in [0.2, 0.25) is 5.43 Å². The normalized spacial score (nSPS) is 11.3. The van der Waals surface area contributed by atoms with E-state index in [1.54, 1.807) is 36.4 Å². The molecule has 3 aromatic carbocycles. The van der Waals surface area contributed by atoms with Gasteiger partial charge in [-0.15, -0.1) is 11.3 Å². The smallest absolute Gasteiger partial charge is 0.271 e. The average molecular weight is 431 g/mol. The molecule has 6 heteroatoms. The molecule has 0 bridgehead atoms. The van der Waals surface area contributed by atoms with Gasteiger partial charge in [0.1, 0.15) is 16.0 Å². The number of halogens is 1. The van der Waals surface area contributed by atoms with E-state index in [1.807, 2.05) is 43.3 Å². The summed E-state index contributed by atoms with van der Waals surface area (Å²) in [6.07, 6.45) is 0. The highest BCUT2D eigenvalue weighted by molar-refractivity contribution is 7.24. The van der Waals surface area contributed by atoms with Crippen LogP contribution in [0, 0.1) is 6.92 Å². The second-order valence-electron chi connectivity index (χ2n) is 6.97. The van der Waals surface area contributed by atoms with Gasteiger partial charge in [0.15, 0.2) is 0 Å². The van der Waals surface area contributed by atoms with E-state index < -0.39 is 0 Å². The number of hydrogen-bond donors (Lipinski definition) is 0. The van der Waals surface area contributed by atoms with Crippen molar-refractivity contribution in [1.29, 1.82) is 0 Å². The van der Waals surface area contributed by atoms with Crippen LogP contribution in [0.15, 0.2) is 82.4 Å². The summed E-state index contributed by atoms with van der Waals surface area (Å²) >= 11 is 7.41. The van der Waals surface area contributed by atoms with Crippen LogP contribution in [0.1, 0.15) is 5.56 Å². The molecule has 5 aromatic rings. The Labute approximate surface area is 180 Å².